The first kappa shape index (κ1) is 19.0. The number of carbonyl (C=O) groups excluding carboxylic acids is 2. The van der Waals surface area contributed by atoms with Crippen molar-refractivity contribution in [1.29, 1.82) is 0 Å². The zero-order valence-electron chi connectivity index (χ0n) is 15.2. The number of rotatable bonds is 9. The molecule has 1 aromatic heterocycles. The molecule has 1 heterocycles. The van der Waals surface area contributed by atoms with Crippen LogP contribution in [0.15, 0.2) is 34.2 Å². The molecule has 0 atom stereocenters. The second-order valence-corrected chi connectivity index (χ2v) is 7.73. The summed E-state index contributed by atoms with van der Waals surface area (Å²) in [5.74, 6) is 0.379. The summed E-state index contributed by atoms with van der Waals surface area (Å²) in [6.45, 7) is 4.75. The molecule has 1 aliphatic rings. The van der Waals surface area contributed by atoms with Crippen molar-refractivity contribution in [2.75, 3.05) is 19.5 Å². The van der Waals surface area contributed by atoms with Crippen molar-refractivity contribution in [3.63, 3.8) is 0 Å². The molecule has 0 aliphatic heterocycles. The van der Waals surface area contributed by atoms with Crippen LogP contribution in [0, 0.1) is 5.92 Å². The van der Waals surface area contributed by atoms with E-state index in [0.29, 0.717) is 18.8 Å². The van der Waals surface area contributed by atoms with Crippen molar-refractivity contribution in [3.05, 3.63) is 34.9 Å². The van der Waals surface area contributed by atoms with Crippen molar-refractivity contribution in [1.82, 2.24) is 0 Å². The van der Waals surface area contributed by atoms with Gasteiger partial charge in [0.25, 0.3) is 0 Å². The average molecular weight is 391 g/mol. The lowest BCUT2D eigenvalue weighted by atomic mass is 9.97. The second kappa shape index (κ2) is 8.27. The number of carbonyl (C=O) groups is 2. The van der Waals surface area contributed by atoms with Gasteiger partial charge >= 0.3 is 0 Å². The molecule has 0 bridgehead atoms. The minimum atomic E-state index is -0.268. The Labute approximate surface area is 161 Å². The van der Waals surface area contributed by atoms with Gasteiger partial charge in [0, 0.05) is 31.8 Å². The third-order valence-electron chi connectivity index (χ3n) is 4.23. The van der Waals surface area contributed by atoms with Crippen LogP contribution in [0.5, 0.6) is 5.75 Å². The molecule has 0 saturated heterocycles. The molecule has 26 heavy (non-hydrogen) atoms. The zero-order valence-corrected chi connectivity index (χ0v) is 16.8. The van der Waals surface area contributed by atoms with Gasteiger partial charge in [-0.3, -0.25) is 9.59 Å². The largest absolute Gasteiger partial charge is 0.501 e. The van der Waals surface area contributed by atoms with E-state index in [0.717, 1.165) is 33.6 Å². The molecule has 138 valence electrons. The quantitative estimate of drug-likeness (QED) is 0.149. The van der Waals surface area contributed by atoms with E-state index < -0.39 is 0 Å². The molecule has 0 N–H and O–H groups in total. The monoisotopic (exact) mass is 390 g/mol. The number of ketones is 2. The lowest BCUT2D eigenvalue weighted by Crippen LogP contribution is -2.16. The summed E-state index contributed by atoms with van der Waals surface area (Å²) in [6, 6.07) is 3.73. The molecule has 1 aliphatic carbocycles. The Morgan fingerprint density at radius 2 is 2.04 bits per heavy atom. The Morgan fingerprint density at radius 1 is 1.27 bits per heavy atom. The van der Waals surface area contributed by atoms with Crippen LogP contribution in [0.2, 0.25) is 0 Å². The number of hydrogen-bond donors (Lipinski definition) is 0. The van der Waals surface area contributed by atoms with Crippen LogP contribution >= 0.6 is 23.1 Å². The van der Waals surface area contributed by atoms with E-state index in [2.05, 4.69) is 0 Å². The Morgan fingerprint density at radius 3 is 2.65 bits per heavy atom. The lowest BCUT2D eigenvalue weighted by Gasteiger charge is -2.12. The maximum absolute atomic E-state index is 13.2. The van der Waals surface area contributed by atoms with E-state index in [9.17, 15) is 9.59 Å². The van der Waals surface area contributed by atoms with Crippen molar-refractivity contribution >= 4 is 44.8 Å². The van der Waals surface area contributed by atoms with Crippen LogP contribution in [-0.2, 0) is 9.53 Å². The van der Waals surface area contributed by atoms with Gasteiger partial charge in [0.2, 0.25) is 5.78 Å². The summed E-state index contributed by atoms with van der Waals surface area (Å²) in [5.41, 5.74) is 0.682. The molecule has 6 heteroatoms. The molecule has 0 radical (unpaired) electrons. The highest BCUT2D eigenvalue weighted by Gasteiger charge is 2.35. The normalized spacial score (nSPS) is 14.5. The standard InChI is InChI=1S/C20H22O4S2/c1-4-23-10-14(18(21)12-6-7-12)19(22)13-8-9-16-17(20(13)25-3)15(11-26-16)24-5-2/h8-12H,4-7H2,1-3H3. The Balaban J connectivity index is 2.08. The fourth-order valence-corrected chi connectivity index (χ4v) is 4.57. The molecular weight excluding hydrogens is 368 g/mol. The Kier molecular flexibility index (Phi) is 6.04. The van der Waals surface area contributed by atoms with Crippen LogP contribution in [0.4, 0.5) is 0 Å². The van der Waals surface area contributed by atoms with Gasteiger partial charge in [-0.1, -0.05) is 0 Å². The highest BCUT2D eigenvalue weighted by molar-refractivity contribution is 7.99. The lowest BCUT2D eigenvalue weighted by molar-refractivity contribution is -0.116. The zero-order chi connectivity index (χ0) is 18.7. The third-order valence-corrected chi connectivity index (χ3v) is 5.99. The van der Waals surface area contributed by atoms with Crippen LogP contribution in [0.3, 0.4) is 0 Å². The van der Waals surface area contributed by atoms with Crippen molar-refractivity contribution in [2.45, 2.75) is 31.6 Å². The summed E-state index contributed by atoms with van der Waals surface area (Å²) in [5, 5.41) is 2.92. The van der Waals surface area contributed by atoms with E-state index in [1.165, 1.54) is 18.0 Å². The predicted molar refractivity (Wildman–Crippen MR) is 107 cm³/mol. The molecule has 0 spiro atoms. The molecule has 1 aromatic carbocycles. The van der Waals surface area contributed by atoms with Gasteiger partial charge in [-0.05, 0) is 45.1 Å². The Bertz CT molecular complexity index is 862. The summed E-state index contributed by atoms with van der Waals surface area (Å²) in [7, 11) is 0. The fourth-order valence-electron chi connectivity index (χ4n) is 2.83. The molecule has 0 unspecified atom stereocenters. The van der Waals surface area contributed by atoms with Gasteiger partial charge in [-0.2, -0.15) is 0 Å². The van der Waals surface area contributed by atoms with E-state index in [-0.39, 0.29) is 23.1 Å². The maximum Gasteiger partial charge on any atom is 0.200 e. The molecule has 1 fully saturated rings. The predicted octanol–water partition coefficient (Wildman–Crippen LogP) is 5.10. The van der Waals surface area contributed by atoms with E-state index in [1.807, 2.05) is 37.6 Å². The highest BCUT2D eigenvalue weighted by atomic mass is 32.2. The minimum Gasteiger partial charge on any atom is -0.501 e. The topological polar surface area (TPSA) is 52.6 Å². The fraction of sp³-hybridized carbons (Fsp3) is 0.400. The number of allylic oxidation sites excluding steroid dienone is 1. The van der Waals surface area contributed by atoms with Crippen LogP contribution in [0.1, 0.15) is 37.0 Å². The van der Waals surface area contributed by atoms with Gasteiger partial charge < -0.3 is 9.47 Å². The van der Waals surface area contributed by atoms with Crippen molar-refractivity contribution in [2.24, 2.45) is 5.92 Å². The van der Waals surface area contributed by atoms with E-state index in [4.69, 9.17) is 9.47 Å². The summed E-state index contributed by atoms with van der Waals surface area (Å²) >= 11 is 3.09. The first-order chi connectivity index (χ1) is 12.6. The summed E-state index contributed by atoms with van der Waals surface area (Å²) in [4.78, 5) is 26.7. The molecular formula is C20H22O4S2. The Hall–Kier alpha value is -1.79. The van der Waals surface area contributed by atoms with Gasteiger partial charge in [-0.25, -0.2) is 0 Å². The smallest absolute Gasteiger partial charge is 0.200 e. The molecule has 2 aromatic rings. The number of benzene rings is 1. The van der Waals surface area contributed by atoms with Gasteiger partial charge in [0.05, 0.1) is 19.5 Å². The molecule has 1 saturated carbocycles. The minimum absolute atomic E-state index is 0.0350. The van der Waals surface area contributed by atoms with Gasteiger partial charge in [0.1, 0.15) is 11.3 Å². The van der Waals surface area contributed by atoms with Gasteiger partial charge in [-0.15, -0.1) is 23.1 Å². The maximum atomic E-state index is 13.2. The first-order valence-corrected chi connectivity index (χ1v) is 10.8. The van der Waals surface area contributed by atoms with Gasteiger partial charge in [0.15, 0.2) is 5.78 Å². The first-order valence-electron chi connectivity index (χ1n) is 8.74. The number of hydrogen-bond acceptors (Lipinski definition) is 6. The van der Waals surface area contributed by atoms with E-state index in [1.54, 1.807) is 11.3 Å². The van der Waals surface area contributed by atoms with Crippen molar-refractivity contribution < 1.29 is 19.1 Å². The van der Waals surface area contributed by atoms with Crippen LogP contribution < -0.4 is 4.74 Å². The summed E-state index contributed by atoms with van der Waals surface area (Å²) < 4.78 is 12.1. The molecule has 3 rings (SSSR count). The molecule has 0 amide bonds. The molecule has 4 nitrogen and oxygen atoms in total. The average Bonchev–Trinajstić information content (AvgIpc) is 3.43. The number of Topliss-reactive ketones (excluding diaryl/α,β-unsaturated/α-hetero) is 2. The number of thiophene rings is 1. The SMILES string of the molecule is CCOC=C(C(=O)c1ccc2scc(OCC)c2c1SC)C(=O)C1CC1. The second-order valence-electron chi connectivity index (χ2n) is 6.01. The number of fused-ring (bicyclic) bond motifs is 1. The highest BCUT2D eigenvalue weighted by Crippen LogP contribution is 2.42. The van der Waals surface area contributed by atoms with Crippen LogP contribution in [-0.4, -0.2) is 31.0 Å². The third kappa shape index (κ3) is 3.67. The number of ether oxygens (including phenoxy) is 2. The van der Waals surface area contributed by atoms with E-state index >= 15 is 0 Å². The number of thioether (sulfide) groups is 1. The summed E-state index contributed by atoms with van der Waals surface area (Å²) in [6.07, 6.45) is 4.98. The van der Waals surface area contributed by atoms with Crippen LogP contribution in [0.25, 0.3) is 10.1 Å². The van der Waals surface area contributed by atoms with Crippen molar-refractivity contribution in [3.8, 4) is 5.75 Å².